The molecular formula is C11H14N2. The molecule has 0 saturated carbocycles. The standard InChI is InChI=1S/C11H14N2/c1-2-10-7-9(5-6-12)3-4-11(10)8-13/h3-4,7H,2,5-6,12H2,1H3. The Hall–Kier alpha value is -1.33. The molecule has 0 unspecified atom stereocenters. The largest absolute Gasteiger partial charge is 0.330 e. The molecule has 0 atom stereocenters. The van der Waals surface area contributed by atoms with Crippen molar-refractivity contribution in [2.24, 2.45) is 5.73 Å². The van der Waals surface area contributed by atoms with Gasteiger partial charge in [0.25, 0.3) is 0 Å². The maximum absolute atomic E-state index is 8.80. The summed E-state index contributed by atoms with van der Waals surface area (Å²) in [4.78, 5) is 0. The van der Waals surface area contributed by atoms with E-state index in [1.165, 1.54) is 5.56 Å². The Bertz CT molecular complexity index is 323. The Morgan fingerprint density at radius 2 is 2.23 bits per heavy atom. The van der Waals surface area contributed by atoms with Gasteiger partial charge in [0.15, 0.2) is 0 Å². The van der Waals surface area contributed by atoms with Crippen LogP contribution in [0.1, 0.15) is 23.6 Å². The van der Waals surface area contributed by atoms with Crippen molar-refractivity contribution in [3.05, 3.63) is 34.9 Å². The minimum absolute atomic E-state index is 0.662. The van der Waals surface area contributed by atoms with Gasteiger partial charge in [-0.25, -0.2) is 0 Å². The van der Waals surface area contributed by atoms with Gasteiger partial charge in [0.05, 0.1) is 11.6 Å². The topological polar surface area (TPSA) is 49.8 Å². The Kier molecular flexibility index (Phi) is 3.48. The van der Waals surface area contributed by atoms with Gasteiger partial charge in [-0.1, -0.05) is 19.1 Å². The van der Waals surface area contributed by atoms with Gasteiger partial charge in [0.1, 0.15) is 0 Å². The Morgan fingerprint density at radius 1 is 1.46 bits per heavy atom. The van der Waals surface area contributed by atoms with Crippen molar-refractivity contribution in [3.63, 3.8) is 0 Å². The predicted octanol–water partition coefficient (Wildman–Crippen LogP) is 1.62. The smallest absolute Gasteiger partial charge is 0.0994 e. The van der Waals surface area contributed by atoms with Crippen LogP contribution < -0.4 is 5.73 Å². The molecule has 1 rings (SSSR count). The summed E-state index contributed by atoms with van der Waals surface area (Å²) in [5.74, 6) is 0. The third kappa shape index (κ3) is 2.30. The summed E-state index contributed by atoms with van der Waals surface area (Å²) in [5, 5.41) is 8.80. The van der Waals surface area contributed by atoms with Crippen LogP contribution in [0.3, 0.4) is 0 Å². The number of nitrogens with two attached hydrogens (primary N) is 1. The van der Waals surface area contributed by atoms with Crippen LogP contribution in [-0.2, 0) is 12.8 Å². The van der Waals surface area contributed by atoms with Gasteiger partial charge in [-0.15, -0.1) is 0 Å². The highest BCUT2D eigenvalue weighted by Gasteiger charge is 2.00. The first-order valence-corrected chi connectivity index (χ1v) is 4.53. The first-order valence-electron chi connectivity index (χ1n) is 4.53. The van der Waals surface area contributed by atoms with Crippen molar-refractivity contribution < 1.29 is 0 Å². The number of nitriles is 1. The third-order valence-corrected chi connectivity index (χ3v) is 2.10. The molecule has 0 aliphatic heterocycles. The molecule has 2 heteroatoms. The lowest BCUT2D eigenvalue weighted by atomic mass is 10.0. The van der Waals surface area contributed by atoms with Crippen LogP contribution in [-0.4, -0.2) is 6.54 Å². The van der Waals surface area contributed by atoms with E-state index in [9.17, 15) is 0 Å². The molecule has 13 heavy (non-hydrogen) atoms. The summed E-state index contributed by atoms with van der Waals surface area (Å²) in [6, 6.07) is 8.11. The first-order chi connectivity index (χ1) is 6.31. The van der Waals surface area contributed by atoms with E-state index in [2.05, 4.69) is 19.1 Å². The highest BCUT2D eigenvalue weighted by atomic mass is 14.5. The number of hydrogen-bond donors (Lipinski definition) is 1. The van der Waals surface area contributed by atoms with Crippen LogP contribution in [0.25, 0.3) is 0 Å². The first kappa shape index (κ1) is 9.76. The summed E-state index contributed by atoms with van der Waals surface area (Å²) >= 11 is 0. The number of aryl methyl sites for hydroxylation is 1. The van der Waals surface area contributed by atoms with E-state index in [4.69, 9.17) is 11.0 Å². The number of nitrogens with zero attached hydrogens (tertiary/aromatic N) is 1. The Labute approximate surface area is 79.0 Å². The molecule has 0 saturated heterocycles. The van der Waals surface area contributed by atoms with Crippen molar-refractivity contribution in [2.75, 3.05) is 6.54 Å². The lowest BCUT2D eigenvalue weighted by molar-refractivity contribution is 0.961. The molecule has 1 aromatic carbocycles. The van der Waals surface area contributed by atoms with E-state index in [-0.39, 0.29) is 0 Å². The van der Waals surface area contributed by atoms with E-state index in [1.54, 1.807) is 0 Å². The van der Waals surface area contributed by atoms with Gasteiger partial charge in [-0.2, -0.15) is 5.26 Å². The number of hydrogen-bond acceptors (Lipinski definition) is 2. The SMILES string of the molecule is CCc1cc(CCN)ccc1C#N. The average Bonchev–Trinajstić information content (AvgIpc) is 2.18. The van der Waals surface area contributed by atoms with Gasteiger partial charge < -0.3 is 5.73 Å². The molecule has 0 aliphatic carbocycles. The zero-order chi connectivity index (χ0) is 9.68. The van der Waals surface area contributed by atoms with Crippen molar-refractivity contribution in [1.82, 2.24) is 0 Å². The molecule has 0 aliphatic rings. The number of benzene rings is 1. The van der Waals surface area contributed by atoms with E-state index in [0.29, 0.717) is 6.54 Å². The fourth-order valence-corrected chi connectivity index (χ4v) is 1.37. The normalized spacial score (nSPS) is 9.62. The second-order valence-electron chi connectivity index (χ2n) is 3.00. The molecule has 68 valence electrons. The molecular weight excluding hydrogens is 160 g/mol. The summed E-state index contributed by atoms with van der Waals surface area (Å²) in [6.45, 7) is 2.72. The van der Waals surface area contributed by atoms with Gasteiger partial charge in [-0.05, 0) is 36.6 Å². The lowest BCUT2D eigenvalue weighted by Crippen LogP contribution is -2.03. The molecule has 0 aromatic heterocycles. The summed E-state index contributed by atoms with van der Waals surface area (Å²) < 4.78 is 0. The van der Waals surface area contributed by atoms with Crippen LogP contribution in [0.15, 0.2) is 18.2 Å². The van der Waals surface area contributed by atoms with Gasteiger partial charge in [-0.3, -0.25) is 0 Å². The molecule has 0 fully saturated rings. The van der Waals surface area contributed by atoms with Crippen LogP contribution in [0.5, 0.6) is 0 Å². The zero-order valence-electron chi connectivity index (χ0n) is 7.88. The zero-order valence-corrected chi connectivity index (χ0v) is 7.88. The summed E-state index contributed by atoms with van der Waals surface area (Å²) in [7, 11) is 0. The van der Waals surface area contributed by atoms with Gasteiger partial charge in [0.2, 0.25) is 0 Å². The van der Waals surface area contributed by atoms with E-state index < -0.39 is 0 Å². The monoisotopic (exact) mass is 174 g/mol. The summed E-state index contributed by atoms with van der Waals surface area (Å²) in [5.41, 5.74) is 8.58. The second-order valence-corrected chi connectivity index (χ2v) is 3.00. The van der Waals surface area contributed by atoms with Crippen LogP contribution >= 0.6 is 0 Å². The minimum Gasteiger partial charge on any atom is -0.330 e. The molecule has 0 radical (unpaired) electrons. The maximum Gasteiger partial charge on any atom is 0.0994 e. The van der Waals surface area contributed by atoms with Crippen molar-refractivity contribution in [3.8, 4) is 6.07 Å². The van der Waals surface area contributed by atoms with E-state index >= 15 is 0 Å². The molecule has 0 heterocycles. The van der Waals surface area contributed by atoms with Gasteiger partial charge in [0, 0.05) is 0 Å². The fourth-order valence-electron chi connectivity index (χ4n) is 1.37. The average molecular weight is 174 g/mol. The molecule has 1 aromatic rings. The Balaban J connectivity index is 3.00. The molecule has 2 N–H and O–H groups in total. The maximum atomic E-state index is 8.80. The molecule has 0 spiro atoms. The minimum atomic E-state index is 0.662. The molecule has 0 amide bonds. The molecule has 2 nitrogen and oxygen atoms in total. The second kappa shape index (κ2) is 4.64. The van der Waals surface area contributed by atoms with Crippen molar-refractivity contribution in [2.45, 2.75) is 19.8 Å². The van der Waals surface area contributed by atoms with E-state index in [1.807, 2.05) is 12.1 Å². The Morgan fingerprint density at radius 3 is 2.77 bits per heavy atom. The van der Waals surface area contributed by atoms with E-state index in [0.717, 1.165) is 24.0 Å². The highest BCUT2D eigenvalue weighted by molar-refractivity contribution is 5.40. The fraction of sp³-hybridized carbons (Fsp3) is 0.364. The highest BCUT2D eigenvalue weighted by Crippen LogP contribution is 2.12. The van der Waals surface area contributed by atoms with Crippen LogP contribution in [0, 0.1) is 11.3 Å². The summed E-state index contributed by atoms with van der Waals surface area (Å²) in [6.07, 6.45) is 1.79. The van der Waals surface area contributed by atoms with Crippen LogP contribution in [0.4, 0.5) is 0 Å². The third-order valence-electron chi connectivity index (χ3n) is 2.10. The van der Waals surface area contributed by atoms with Crippen molar-refractivity contribution in [1.29, 1.82) is 5.26 Å². The van der Waals surface area contributed by atoms with Crippen LogP contribution in [0.2, 0.25) is 0 Å². The predicted molar refractivity (Wildman–Crippen MR) is 53.3 cm³/mol. The quantitative estimate of drug-likeness (QED) is 0.757. The lowest BCUT2D eigenvalue weighted by Gasteiger charge is -2.03. The van der Waals surface area contributed by atoms with Crippen molar-refractivity contribution >= 4 is 0 Å². The molecule has 0 bridgehead atoms. The number of rotatable bonds is 3. The van der Waals surface area contributed by atoms with Gasteiger partial charge >= 0.3 is 0 Å².